The van der Waals surface area contributed by atoms with Crippen LogP contribution < -0.4 is 19.7 Å². The van der Waals surface area contributed by atoms with Crippen molar-refractivity contribution in [3.63, 3.8) is 0 Å². The van der Waals surface area contributed by atoms with Gasteiger partial charge in [0.1, 0.15) is 0 Å². The fourth-order valence-corrected chi connectivity index (χ4v) is 4.17. The van der Waals surface area contributed by atoms with Crippen molar-refractivity contribution in [2.75, 3.05) is 51.0 Å². The summed E-state index contributed by atoms with van der Waals surface area (Å²) in [6, 6.07) is 4.02. The molecule has 1 aromatic heterocycles. The maximum absolute atomic E-state index is 6.26. The van der Waals surface area contributed by atoms with E-state index in [2.05, 4.69) is 10.2 Å². The van der Waals surface area contributed by atoms with Crippen LogP contribution in [0, 0.1) is 0 Å². The first kappa shape index (κ1) is 20.4. The number of benzene rings is 1. The molecule has 8 heteroatoms. The highest BCUT2D eigenvalue weighted by molar-refractivity contribution is 6.20. The number of alkyl halides is 1. The number of halogens is 1. The Kier molecular flexibility index (Phi) is 6.57. The third-order valence-corrected chi connectivity index (χ3v) is 5.79. The van der Waals surface area contributed by atoms with E-state index in [1.165, 1.54) is 0 Å². The Morgan fingerprint density at radius 1 is 1.10 bits per heavy atom. The van der Waals surface area contributed by atoms with Crippen molar-refractivity contribution in [2.24, 2.45) is 0 Å². The van der Waals surface area contributed by atoms with Crippen LogP contribution in [0.3, 0.4) is 0 Å². The van der Waals surface area contributed by atoms with Crippen molar-refractivity contribution in [1.29, 1.82) is 0 Å². The molecule has 2 aliphatic rings. The normalized spacial score (nSPS) is 22.7. The van der Waals surface area contributed by atoms with E-state index in [1.807, 2.05) is 26.0 Å². The van der Waals surface area contributed by atoms with Crippen LogP contribution in [0.25, 0.3) is 10.9 Å². The molecule has 0 bridgehead atoms. The zero-order valence-electron chi connectivity index (χ0n) is 17.1. The minimum absolute atomic E-state index is 0.0293. The van der Waals surface area contributed by atoms with Gasteiger partial charge >= 0.3 is 0 Å². The molecule has 0 spiro atoms. The summed E-state index contributed by atoms with van der Waals surface area (Å²) in [5, 5.41) is 4.40. The Balaban J connectivity index is 1.82. The van der Waals surface area contributed by atoms with Crippen LogP contribution in [0.5, 0.6) is 11.5 Å². The molecule has 2 fully saturated rings. The highest BCUT2D eigenvalue weighted by Gasteiger charge is 2.26. The third kappa shape index (κ3) is 4.52. The molecule has 158 valence electrons. The number of ether oxygens (including phenoxy) is 3. The number of morpholine rings is 1. The Morgan fingerprint density at radius 3 is 2.48 bits per heavy atom. The number of nitrogens with one attached hydrogen (secondary N) is 1. The van der Waals surface area contributed by atoms with Crippen molar-refractivity contribution < 1.29 is 14.2 Å². The van der Waals surface area contributed by atoms with Crippen LogP contribution in [0.4, 0.5) is 5.95 Å². The van der Waals surface area contributed by atoms with Gasteiger partial charge in [0.05, 0.1) is 43.1 Å². The van der Waals surface area contributed by atoms with Gasteiger partial charge < -0.3 is 24.4 Å². The molecule has 7 nitrogen and oxygen atoms in total. The molecule has 2 aromatic rings. The number of anilines is 1. The van der Waals surface area contributed by atoms with Crippen molar-refractivity contribution in [2.45, 2.75) is 38.1 Å². The van der Waals surface area contributed by atoms with Gasteiger partial charge in [-0.2, -0.15) is 0 Å². The maximum atomic E-state index is 6.26. The Morgan fingerprint density at radius 2 is 1.83 bits per heavy atom. The highest BCUT2D eigenvalue weighted by Crippen LogP contribution is 2.37. The van der Waals surface area contributed by atoms with Gasteiger partial charge in [0.15, 0.2) is 11.5 Å². The molecule has 0 amide bonds. The summed E-state index contributed by atoms with van der Waals surface area (Å²) in [7, 11) is 0. The Bertz CT molecular complexity index is 836. The molecule has 1 N–H and O–H groups in total. The third-order valence-electron chi connectivity index (χ3n) is 5.41. The zero-order chi connectivity index (χ0) is 20.2. The molecule has 2 atom stereocenters. The quantitative estimate of drug-likeness (QED) is 0.568. The number of rotatable bonds is 6. The SMILES string of the molecule is CCOc1cc2nc(N3CCOCC3)nc(C3CCC(Cl)NC3)c2cc1OCC. The second-order valence-corrected chi connectivity index (χ2v) is 7.87. The van der Waals surface area contributed by atoms with Gasteiger partial charge in [0.25, 0.3) is 0 Å². The van der Waals surface area contributed by atoms with E-state index in [0.29, 0.717) is 26.4 Å². The lowest BCUT2D eigenvalue weighted by atomic mass is 9.93. The molecule has 2 unspecified atom stereocenters. The topological polar surface area (TPSA) is 68.7 Å². The van der Waals surface area contributed by atoms with Crippen molar-refractivity contribution in [3.05, 3.63) is 17.8 Å². The number of hydrogen-bond donors (Lipinski definition) is 1. The molecule has 1 aromatic carbocycles. The van der Waals surface area contributed by atoms with Crippen LogP contribution in [-0.2, 0) is 4.74 Å². The number of hydrogen-bond acceptors (Lipinski definition) is 7. The van der Waals surface area contributed by atoms with Crippen LogP contribution in [0.1, 0.15) is 38.3 Å². The van der Waals surface area contributed by atoms with Crippen molar-refractivity contribution in [1.82, 2.24) is 15.3 Å². The lowest BCUT2D eigenvalue weighted by Gasteiger charge is -2.30. The molecule has 2 saturated heterocycles. The summed E-state index contributed by atoms with van der Waals surface area (Å²) in [5.74, 6) is 2.50. The minimum atomic E-state index is 0.0293. The molecule has 4 rings (SSSR count). The van der Waals surface area contributed by atoms with E-state index in [-0.39, 0.29) is 11.4 Å². The van der Waals surface area contributed by atoms with Gasteiger partial charge in [-0.05, 0) is 32.8 Å². The zero-order valence-corrected chi connectivity index (χ0v) is 17.9. The van der Waals surface area contributed by atoms with Gasteiger partial charge in [-0.1, -0.05) is 0 Å². The number of nitrogens with zero attached hydrogens (tertiary/aromatic N) is 3. The van der Waals surface area contributed by atoms with E-state index in [1.54, 1.807) is 0 Å². The average molecular weight is 421 g/mol. The standard InChI is InChI=1S/C21H29ClN4O3/c1-3-28-17-11-15-16(12-18(17)29-4-2)24-21(26-7-9-27-10-8-26)25-20(15)14-5-6-19(22)23-13-14/h11-12,14,19,23H,3-10,13H2,1-2H3. The summed E-state index contributed by atoms with van der Waals surface area (Å²) in [6.45, 7) is 8.90. The number of aromatic nitrogens is 2. The Hall–Kier alpha value is -1.83. The first-order chi connectivity index (χ1) is 14.2. The lowest BCUT2D eigenvalue weighted by Crippen LogP contribution is -2.38. The van der Waals surface area contributed by atoms with E-state index in [0.717, 1.165) is 66.5 Å². The van der Waals surface area contributed by atoms with Crippen molar-refractivity contribution in [3.8, 4) is 11.5 Å². The predicted molar refractivity (Wildman–Crippen MR) is 115 cm³/mol. The van der Waals surface area contributed by atoms with E-state index < -0.39 is 0 Å². The maximum Gasteiger partial charge on any atom is 0.226 e. The molecule has 0 aliphatic carbocycles. The summed E-state index contributed by atoms with van der Waals surface area (Å²) in [6.07, 6.45) is 1.91. The van der Waals surface area contributed by atoms with Gasteiger partial charge in [0, 0.05) is 37.0 Å². The fourth-order valence-electron chi connectivity index (χ4n) is 3.96. The van der Waals surface area contributed by atoms with Gasteiger partial charge in [0.2, 0.25) is 5.95 Å². The van der Waals surface area contributed by atoms with E-state index >= 15 is 0 Å². The highest BCUT2D eigenvalue weighted by atomic mass is 35.5. The summed E-state index contributed by atoms with van der Waals surface area (Å²) in [5.41, 5.74) is 1.97. The van der Waals surface area contributed by atoms with Gasteiger partial charge in [-0.25, -0.2) is 9.97 Å². The second-order valence-electron chi connectivity index (χ2n) is 7.34. The molecule has 0 saturated carbocycles. The fraction of sp³-hybridized carbons (Fsp3) is 0.619. The number of piperidine rings is 1. The van der Waals surface area contributed by atoms with E-state index in [9.17, 15) is 0 Å². The summed E-state index contributed by atoms with van der Waals surface area (Å²) >= 11 is 6.26. The first-order valence-corrected chi connectivity index (χ1v) is 10.9. The summed E-state index contributed by atoms with van der Waals surface area (Å²) in [4.78, 5) is 12.1. The predicted octanol–water partition coefficient (Wildman–Crippen LogP) is 3.30. The van der Waals surface area contributed by atoms with E-state index in [4.69, 9.17) is 35.8 Å². The smallest absolute Gasteiger partial charge is 0.226 e. The molecule has 0 radical (unpaired) electrons. The first-order valence-electron chi connectivity index (χ1n) is 10.5. The van der Waals surface area contributed by atoms with Crippen LogP contribution in [0.2, 0.25) is 0 Å². The lowest BCUT2D eigenvalue weighted by molar-refractivity contribution is 0.122. The van der Waals surface area contributed by atoms with Crippen molar-refractivity contribution >= 4 is 28.5 Å². The molecule has 3 heterocycles. The van der Waals surface area contributed by atoms with Gasteiger partial charge in [-0.3, -0.25) is 0 Å². The molecule has 29 heavy (non-hydrogen) atoms. The van der Waals surface area contributed by atoms with Crippen LogP contribution in [-0.4, -0.2) is 61.5 Å². The average Bonchev–Trinajstić information content (AvgIpc) is 2.75. The molecule has 2 aliphatic heterocycles. The largest absolute Gasteiger partial charge is 0.490 e. The number of fused-ring (bicyclic) bond motifs is 1. The Labute approximate surface area is 176 Å². The van der Waals surface area contributed by atoms with Crippen LogP contribution in [0.15, 0.2) is 12.1 Å². The molecular weight excluding hydrogens is 392 g/mol. The van der Waals surface area contributed by atoms with Crippen LogP contribution >= 0.6 is 11.6 Å². The minimum Gasteiger partial charge on any atom is -0.490 e. The molecular formula is C21H29ClN4O3. The van der Waals surface area contributed by atoms with Gasteiger partial charge in [-0.15, -0.1) is 11.6 Å². The second kappa shape index (κ2) is 9.32. The summed E-state index contributed by atoms with van der Waals surface area (Å²) < 4.78 is 17.2. The monoisotopic (exact) mass is 420 g/mol.